The Morgan fingerprint density at radius 2 is 2.33 bits per heavy atom. The molecule has 12 heavy (non-hydrogen) atoms. The maximum atomic E-state index is 10.7. The zero-order valence-electron chi connectivity index (χ0n) is 7.49. The van der Waals surface area contributed by atoms with E-state index in [1.54, 1.807) is 0 Å². The van der Waals surface area contributed by atoms with Gasteiger partial charge in [-0.1, -0.05) is 25.0 Å². The number of carbonyl (C=O) groups is 1. The molecule has 0 heterocycles. The highest BCUT2D eigenvalue weighted by Gasteiger charge is 2.28. The summed E-state index contributed by atoms with van der Waals surface area (Å²) >= 11 is 0. The maximum Gasteiger partial charge on any atom is 0.306 e. The highest BCUT2D eigenvalue weighted by Crippen LogP contribution is 2.36. The van der Waals surface area contributed by atoms with Crippen LogP contribution in [0.1, 0.15) is 32.6 Å². The van der Waals surface area contributed by atoms with Gasteiger partial charge in [0.15, 0.2) is 0 Å². The molecule has 1 saturated carbocycles. The molecule has 0 bridgehead atoms. The Balaban J connectivity index is 2.30. The van der Waals surface area contributed by atoms with Crippen molar-refractivity contribution in [3.8, 4) is 0 Å². The van der Waals surface area contributed by atoms with Crippen molar-refractivity contribution in [2.75, 3.05) is 0 Å². The first kappa shape index (κ1) is 9.30. The predicted molar refractivity (Wildman–Crippen MR) is 47.9 cm³/mol. The summed E-state index contributed by atoms with van der Waals surface area (Å²) in [6.07, 6.45) is 7.91. The van der Waals surface area contributed by atoms with Crippen LogP contribution in [-0.4, -0.2) is 11.1 Å². The molecule has 1 fully saturated rings. The fourth-order valence-electron chi connectivity index (χ4n) is 1.35. The van der Waals surface area contributed by atoms with Crippen molar-refractivity contribution >= 4 is 5.97 Å². The normalized spacial score (nSPS) is 19.8. The molecule has 0 saturated heterocycles. The fraction of sp³-hybridized carbons (Fsp3) is 0.700. The van der Waals surface area contributed by atoms with Gasteiger partial charge in [0.05, 0.1) is 5.92 Å². The molecule has 0 aliphatic heterocycles. The fourth-order valence-corrected chi connectivity index (χ4v) is 1.35. The summed E-state index contributed by atoms with van der Waals surface area (Å²) in [5.74, 6) is -0.0787. The van der Waals surface area contributed by atoms with Gasteiger partial charge < -0.3 is 5.11 Å². The van der Waals surface area contributed by atoms with Crippen molar-refractivity contribution in [1.82, 2.24) is 0 Å². The summed E-state index contributed by atoms with van der Waals surface area (Å²) in [6.45, 7) is 1.93. The second-order valence-corrected chi connectivity index (χ2v) is 3.52. The van der Waals surface area contributed by atoms with Gasteiger partial charge >= 0.3 is 5.97 Å². The number of allylic oxidation sites excluding steroid dienone is 2. The first-order chi connectivity index (χ1) is 5.74. The SMILES string of the molecule is CC=CCC(CC1CC1)C(=O)O. The van der Waals surface area contributed by atoms with Crippen LogP contribution in [0.15, 0.2) is 12.2 Å². The molecule has 1 N–H and O–H groups in total. The van der Waals surface area contributed by atoms with Crippen LogP contribution in [0.2, 0.25) is 0 Å². The molecule has 0 aromatic heterocycles. The monoisotopic (exact) mass is 168 g/mol. The molecule has 1 rings (SSSR count). The molecule has 2 heteroatoms. The Morgan fingerprint density at radius 3 is 2.75 bits per heavy atom. The average molecular weight is 168 g/mol. The van der Waals surface area contributed by atoms with Crippen molar-refractivity contribution in [3.05, 3.63) is 12.2 Å². The lowest BCUT2D eigenvalue weighted by atomic mass is 9.98. The molecule has 1 aliphatic carbocycles. The predicted octanol–water partition coefficient (Wildman–Crippen LogP) is 2.45. The second kappa shape index (κ2) is 4.29. The van der Waals surface area contributed by atoms with Crippen LogP contribution >= 0.6 is 0 Å². The summed E-state index contributed by atoms with van der Waals surface area (Å²) < 4.78 is 0. The molecular formula is C10H16O2. The van der Waals surface area contributed by atoms with E-state index >= 15 is 0 Å². The Kier molecular flexibility index (Phi) is 3.32. The number of aliphatic carboxylic acids is 1. The smallest absolute Gasteiger partial charge is 0.306 e. The number of rotatable bonds is 5. The number of carboxylic acids is 1. The van der Waals surface area contributed by atoms with Crippen molar-refractivity contribution in [1.29, 1.82) is 0 Å². The van der Waals surface area contributed by atoms with Crippen LogP contribution in [-0.2, 0) is 4.79 Å². The lowest BCUT2D eigenvalue weighted by Crippen LogP contribution is -2.13. The van der Waals surface area contributed by atoms with E-state index in [1.165, 1.54) is 12.8 Å². The standard InChI is InChI=1S/C10H16O2/c1-2-3-4-9(10(11)12)7-8-5-6-8/h2-3,8-9H,4-7H2,1H3,(H,11,12). The number of carboxylic acid groups (broad SMARTS) is 1. The minimum Gasteiger partial charge on any atom is -0.481 e. The van der Waals surface area contributed by atoms with E-state index in [0.717, 1.165) is 6.42 Å². The zero-order valence-corrected chi connectivity index (χ0v) is 7.49. The summed E-state index contributed by atoms with van der Waals surface area (Å²) in [6, 6.07) is 0. The van der Waals surface area contributed by atoms with E-state index < -0.39 is 5.97 Å². The van der Waals surface area contributed by atoms with Crippen LogP contribution in [0.4, 0.5) is 0 Å². The van der Waals surface area contributed by atoms with E-state index in [2.05, 4.69) is 0 Å². The molecule has 1 aliphatic rings. The van der Waals surface area contributed by atoms with Crippen LogP contribution in [0.5, 0.6) is 0 Å². The Morgan fingerprint density at radius 1 is 1.67 bits per heavy atom. The summed E-state index contributed by atoms with van der Waals surface area (Å²) in [4.78, 5) is 10.7. The molecule has 1 atom stereocenters. The van der Waals surface area contributed by atoms with Crippen molar-refractivity contribution in [2.24, 2.45) is 11.8 Å². The first-order valence-electron chi connectivity index (χ1n) is 4.58. The van der Waals surface area contributed by atoms with Gasteiger partial charge in [-0.15, -0.1) is 0 Å². The molecule has 0 radical (unpaired) electrons. The summed E-state index contributed by atoms with van der Waals surface area (Å²) in [7, 11) is 0. The minimum absolute atomic E-state index is 0.145. The van der Waals surface area contributed by atoms with Gasteiger partial charge in [0, 0.05) is 0 Å². The van der Waals surface area contributed by atoms with Gasteiger partial charge in [-0.2, -0.15) is 0 Å². The molecule has 1 unspecified atom stereocenters. The molecule has 2 nitrogen and oxygen atoms in total. The maximum absolute atomic E-state index is 10.7. The second-order valence-electron chi connectivity index (χ2n) is 3.52. The minimum atomic E-state index is -0.639. The summed E-state index contributed by atoms with van der Waals surface area (Å²) in [5.41, 5.74) is 0. The van der Waals surface area contributed by atoms with E-state index in [0.29, 0.717) is 12.3 Å². The Bertz CT molecular complexity index is 180. The third-order valence-electron chi connectivity index (χ3n) is 2.32. The van der Waals surface area contributed by atoms with Crippen molar-refractivity contribution in [3.63, 3.8) is 0 Å². The zero-order chi connectivity index (χ0) is 8.97. The third-order valence-corrected chi connectivity index (χ3v) is 2.32. The van der Waals surface area contributed by atoms with Gasteiger partial charge in [-0.05, 0) is 25.7 Å². The highest BCUT2D eigenvalue weighted by molar-refractivity contribution is 5.70. The van der Waals surface area contributed by atoms with E-state index in [4.69, 9.17) is 5.11 Å². The third kappa shape index (κ3) is 3.07. The van der Waals surface area contributed by atoms with Crippen molar-refractivity contribution in [2.45, 2.75) is 32.6 Å². The van der Waals surface area contributed by atoms with Gasteiger partial charge in [0.1, 0.15) is 0 Å². The lowest BCUT2D eigenvalue weighted by molar-refractivity contribution is -0.142. The molecule has 0 aromatic rings. The highest BCUT2D eigenvalue weighted by atomic mass is 16.4. The average Bonchev–Trinajstić information content (AvgIpc) is 2.80. The van der Waals surface area contributed by atoms with Crippen LogP contribution in [0, 0.1) is 11.8 Å². The van der Waals surface area contributed by atoms with Crippen LogP contribution in [0.3, 0.4) is 0 Å². The molecule has 68 valence electrons. The largest absolute Gasteiger partial charge is 0.481 e. The van der Waals surface area contributed by atoms with Crippen LogP contribution in [0.25, 0.3) is 0 Å². The Hall–Kier alpha value is -0.790. The quantitative estimate of drug-likeness (QED) is 0.640. The van der Waals surface area contributed by atoms with Gasteiger partial charge in [0.2, 0.25) is 0 Å². The lowest BCUT2D eigenvalue weighted by Gasteiger charge is -2.07. The molecular weight excluding hydrogens is 152 g/mol. The van der Waals surface area contributed by atoms with Crippen molar-refractivity contribution < 1.29 is 9.90 Å². The van der Waals surface area contributed by atoms with Gasteiger partial charge in [0.25, 0.3) is 0 Å². The topological polar surface area (TPSA) is 37.3 Å². The van der Waals surface area contributed by atoms with E-state index in [-0.39, 0.29) is 5.92 Å². The summed E-state index contributed by atoms with van der Waals surface area (Å²) in [5, 5.41) is 8.84. The Labute approximate surface area is 73.3 Å². The van der Waals surface area contributed by atoms with Gasteiger partial charge in [-0.3, -0.25) is 4.79 Å². The molecule has 0 amide bonds. The van der Waals surface area contributed by atoms with Crippen LogP contribution < -0.4 is 0 Å². The van der Waals surface area contributed by atoms with E-state index in [1.807, 2.05) is 19.1 Å². The first-order valence-corrected chi connectivity index (χ1v) is 4.58. The molecule has 0 aromatic carbocycles. The molecule has 0 spiro atoms. The number of hydrogen-bond donors (Lipinski definition) is 1. The van der Waals surface area contributed by atoms with Gasteiger partial charge in [-0.25, -0.2) is 0 Å². The van der Waals surface area contributed by atoms with E-state index in [9.17, 15) is 4.79 Å². The number of hydrogen-bond acceptors (Lipinski definition) is 1.